The molecule has 0 aliphatic carbocycles. The third-order valence-corrected chi connectivity index (χ3v) is 11.6. The molecule has 336 valence electrons. The third kappa shape index (κ3) is 39.7. The molecule has 0 saturated carbocycles. The van der Waals surface area contributed by atoms with Gasteiger partial charge in [-0.1, -0.05) is 224 Å². The summed E-state index contributed by atoms with van der Waals surface area (Å²) in [7, 11) is 0. The molecule has 57 heavy (non-hydrogen) atoms. The molecule has 0 radical (unpaired) electrons. The SMILES string of the molecule is CCCCCCCCCCCCC/C=C/CC/C=C/CC/C=C/CCCC(O)C(O)C(CO)NC(=O)C(O)CCCCCCCCCCCCCCCCCCC. The van der Waals surface area contributed by atoms with Crippen LogP contribution < -0.4 is 5.32 Å². The van der Waals surface area contributed by atoms with Crippen LogP contribution in [0.1, 0.15) is 251 Å². The molecule has 4 atom stereocenters. The van der Waals surface area contributed by atoms with E-state index in [9.17, 15) is 25.2 Å². The van der Waals surface area contributed by atoms with Crippen molar-refractivity contribution < 1.29 is 25.2 Å². The van der Waals surface area contributed by atoms with E-state index >= 15 is 0 Å². The molecule has 1 amide bonds. The number of aliphatic hydroxyl groups is 4. The zero-order valence-electron chi connectivity index (χ0n) is 37.8. The van der Waals surface area contributed by atoms with E-state index < -0.39 is 36.9 Å². The van der Waals surface area contributed by atoms with Crippen LogP contribution in [0.2, 0.25) is 0 Å². The molecule has 0 rings (SSSR count). The Hall–Kier alpha value is -1.47. The molecule has 0 aliphatic rings. The van der Waals surface area contributed by atoms with Crippen LogP contribution in [0.25, 0.3) is 0 Å². The van der Waals surface area contributed by atoms with Gasteiger partial charge >= 0.3 is 0 Å². The summed E-state index contributed by atoms with van der Waals surface area (Å²) in [5.41, 5.74) is 0. The van der Waals surface area contributed by atoms with E-state index in [0.717, 1.165) is 51.4 Å². The number of aliphatic hydroxyl groups excluding tert-OH is 4. The van der Waals surface area contributed by atoms with Crippen LogP contribution in [0.5, 0.6) is 0 Å². The lowest BCUT2D eigenvalue weighted by molar-refractivity contribution is -0.132. The summed E-state index contributed by atoms with van der Waals surface area (Å²) in [6, 6.07) is -1.01. The first kappa shape index (κ1) is 55.5. The Bertz CT molecular complexity index is 904. The van der Waals surface area contributed by atoms with Crippen molar-refractivity contribution in [1.82, 2.24) is 5.32 Å². The first-order chi connectivity index (χ1) is 28.0. The molecular formula is C51H97NO5. The van der Waals surface area contributed by atoms with Crippen molar-refractivity contribution in [2.45, 2.75) is 276 Å². The highest BCUT2D eigenvalue weighted by atomic mass is 16.3. The van der Waals surface area contributed by atoms with Crippen molar-refractivity contribution in [3.8, 4) is 0 Å². The second-order valence-corrected chi connectivity index (χ2v) is 17.1. The topological polar surface area (TPSA) is 110 Å². The van der Waals surface area contributed by atoms with Crippen LogP contribution in [-0.2, 0) is 4.79 Å². The minimum absolute atomic E-state index is 0.361. The molecule has 0 aromatic rings. The van der Waals surface area contributed by atoms with Crippen LogP contribution in [-0.4, -0.2) is 57.3 Å². The lowest BCUT2D eigenvalue weighted by atomic mass is 10.00. The number of nitrogens with one attached hydrogen (secondary N) is 1. The van der Waals surface area contributed by atoms with E-state index in [-0.39, 0.29) is 0 Å². The van der Waals surface area contributed by atoms with Crippen LogP contribution in [0, 0.1) is 0 Å². The van der Waals surface area contributed by atoms with E-state index in [1.54, 1.807) is 0 Å². The summed E-state index contributed by atoms with van der Waals surface area (Å²) in [6.07, 6.45) is 54.7. The van der Waals surface area contributed by atoms with Gasteiger partial charge in [-0.15, -0.1) is 0 Å². The molecule has 6 heteroatoms. The average Bonchev–Trinajstić information content (AvgIpc) is 3.22. The van der Waals surface area contributed by atoms with Crippen LogP contribution in [0.4, 0.5) is 0 Å². The first-order valence-corrected chi connectivity index (χ1v) is 24.9. The van der Waals surface area contributed by atoms with E-state index in [2.05, 4.69) is 55.6 Å². The predicted molar refractivity (Wildman–Crippen MR) is 247 cm³/mol. The van der Waals surface area contributed by atoms with Gasteiger partial charge < -0.3 is 25.7 Å². The van der Waals surface area contributed by atoms with Crippen molar-refractivity contribution in [3.63, 3.8) is 0 Å². The fourth-order valence-electron chi connectivity index (χ4n) is 7.61. The van der Waals surface area contributed by atoms with E-state index in [1.165, 1.54) is 167 Å². The Morgan fingerprint density at radius 3 is 1.11 bits per heavy atom. The molecule has 0 spiro atoms. The Balaban J connectivity index is 3.76. The maximum absolute atomic E-state index is 12.5. The van der Waals surface area contributed by atoms with Gasteiger partial charge in [0.05, 0.1) is 18.8 Å². The second-order valence-electron chi connectivity index (χ2n) is 17.1. The molecular weight excluding hydrogens is 707 g/mol. The van der Waals surface area contributed by atoms with Crippen molar-refractivity contribution >= 4 is 5.91 Å². The standard InChI is InChI=1S/C51H97NO5/c1-3-5-7-9-11-13-15-17-19-21-22-23-24-25-26-27-29-30-32-34-36-38-40-42-44-48(54)50(56)47(46-53)52-51(57)49(55)45-43-41-39-37-35-33-31-28-20-18-16-14-12-10-8-6-4-2/h24-25,29-30,36,38,47-50,53-56H,3-23,26-28,31-35,37,39-46H2,1-2H3,(H,52,57)/b25-24+,30-29+,38-36+. The van der Waals surface area contributed by atoms with Gasteiger partial charge in [0.1, 0.15) is 12.2 Å². The average molecular weight is 804 g/mol. The largest absolute Gasteiger partial charge is 0.394 e. The van der Waals surface area contributed by atoms with Crippen LogP contribution in [0.15, 0.2) is 36.5 Å². The van der Waals surface area contributed by atoms with Gasteiger partial charge in [0, 0.05) is 0 Å². The molecule has 4 unspecified atom stereocenters. The van der Waals surface area contributed by atoms with Gasteiger partial charge in [-0.3, -0.25) is 4.79 Å². The van der Waals surface area contributed by atoms with Gasteiger partial charge in [-0.05, 0) is 64.2 Å². The van der Waals surface area contributed by atoms with Gasteiger partial charge in [0.2, 0.25) is 5.91 Å². The molecule has 0 saturated heterocycles. The number of allylic oxidation sites excluding steroid dienone is 6. The number of rotatable bonds is 45. The zero-order chi connectivity index (χ0) is 41.7. The number of unbranched alkanes of at least 4 members (excludes halogenated alkanes) is 30. The normalized spacial score (nSPS) is 14.3. The number of amides is 1. The Morgan fingerprint density at radius 2 is 0.737 bits per heavy atom. The zero-order valence-corrected chi connectivity index (χ0v) is 37.8. The third-order valence-electron chi connectivity index (χ3n) is 11.6. The van der Waals surface area contributed by atoms with E-state index in [4.69, 9.17) is 0 Å². The number of carbonyl (C=O) groups is 1. The number of hydrogen-bond acceptors (Lipinski definition) is 5. The van der Waals surface area contributed by atoms with Crippen molar-refractivity contribution in [3.05, 3.63) is 36.5 Å². The molecule has 0 aliphatic heterocycles. The summed E-state index contributed by atoms with van der Waals surface area (Å²) < 4.78 is 0. The number of hydrogen-bond donors (Lipinski definition) is 5. The Morgan fingerprint density at radius 1 is 0.421 bits per heavy atom. The molecule has 0 fully saturated rings. The second kappa shape index (κ2) is 45.6. The summed E-state index contributed by atoms with van der Waals surface area (Å²) in [5, 5.41) is 43.8. The fraction of sp³-hybridized carbons (Fsp3) is 0.863. The summed E-state index contributed by atoms with van der Waals surface area (Å²) in [6.45, 7) is 4.05. The van der Waals surface area contributed by atoms with Crippen molar-refractivity contribution in [1.29, 1.82) is 0 Å². The minimum Gasteiger partial charge on any atom is -0.394 e. The summed E-state index contributed by atoms with van der Waals surface area (Å²) in [5.74, 6) is -0.597. The number of carbonyl (C=O) groups excluding carboxylic acids is 1. The van der Waals surface area contributed by atoms with Gasteiger partial charge in [-0.2, -0.15) is 0 Å². The Kier molecular flexibility index (Phi) is 44.4. The quantitative estimate of drug-likeness (QED) is 0.0311. The molecule has 6 nitrogen and oxygen atoms in total. The minimum atomic E-state index is -1.29. The monoisotopic (exact) mass is 804 g/mol. The Labute approximate surface area is 354 Å². The van der Waals surface area contributed by atoms with E-state index in [0.29, 0.717) is 19.3 Å². The molecule has 0 heterocycles. The van der Waals surface area contributed by atoms with Crippen molar-refractivity contribution in [2.75, 3.05) is 6.61 Å². The van der Waals surface area contributed by atoms with Gasteiger partial charge in [-0.25, -0.2) is 0 Å². The predicted octanol–water partition coefficient (Wildman–Crippen LogP) is 13.7. The fourth-order valence-corrected chi connectivity index (χ4v) is 7.61. The summed E-state index contributed by atoms with van der Waals surface area (Å²) >= 11 is 0. The first-order valence-electron chi connectivity index (χ1n) is 24.9. The highest BCUT2D eigenvalue weighted by molar-refractivity contribution is 5.80. The lowest BCUT2D eigenvalue weighted by Crippen LogP contribution is -2.53. The van der Waals surface area contributed by atoms with Gasteiger partial charge in [0.15, 0.2) is 0 Å². The lowest BCUT2D eigenvalue weighted by Gasteiger charge is -2.27. The van der Waals surface area contributed by atoms with Crippen LogP contribution >= 0.6 is 0 Å². The van der Waals surface area contributed by atoms with Gasteiger partial charge in [0.25, 0.3) is 0 Å². The maximum Gasteiger partial charge on any atom is 0.249 e. The summed E-state index contributed by atoms with van der Waals surface area (Å²) in [4.78, 5) is 12.5. The smallest absolute Gasteiger partial charge is 0.249 e. The molecule has 0 aromatic heterocycles. The van der Waals surface area contributed by atoms with Crippen LogP contribution in [0.3, 0.4) is 0 Å². The molecule has 0 bridgehead atoms. The highest BCUT2D eigenvalue weighted by Crippen LogP contribution is 2.16. The molecule has 5 N–H and O–H groups in total. The molecule has 0 aromatic carbocycles. The highest BCUT2D eigenvalue weighted by Gasteiger charge is 2.28. The maximum atomic E-state index is 12.5. The van der Waals surface area contributed by atoms with Crippen molar-refractivity contribution in [2.24, 2.45) is 0 Å². The van der Waals surface area contributed by atoms with E-state index in [1.807, 2.05) is 0 Å².